The van der Waals surface area contributed by atoms with Gasteiger partial charge in [0, 0.05) is 72.7 Å². The number of benzene rings is 2. The van der Waals surface area contributed by atoms with Gasteiger partial charge in [-0.25, -0.2) is 33.5 Å². The minimum atomic E-state index is -1.25. The standard InChI is InChI=1S/C27H37FN6O3Si.C21H24FN5O3Si.C6H15NO/c1-17(2)11-19(15-35)30-27(36)21-14-34(16-37-9-10-38(4,5)6)26-25(21)31-22(13-29-26)24-20-8-7-18(28)12-23(20)33(3)32-24;1-26-17-9-13(22)5-6-14(17)18(25-26)16-10-23-20-19(24-16)15(21(28)29)11-27(20)12-30-7-8-31(2,3)4;1-5(2)3-6(7)4-8/h7-8,12-14,17,19,35H,9-11,15-16H2,1-6H3,(H,30,36);5-6,9-11H,7-8,12H2,1-4H3,(H,28,29);5-6,8H,3-4,7H2,1-2H3/t19-;;6-/m0.0/s1. The first-order valence-electron chi connectivity index (χ1n) is 25.9. The fourth-order valence-electron chi connectivity index (χ4n) is 8.46. The van der Waals surface area contributed by atoms with Crippen LogP contribution in [0.1, 0.15) is 61.3 Å². The fourth-order valence-corrected chi connectivity index (χ4v) is 9.98. The van der Waals surface area contributed by atoms with E-state index in [1.165, 1.54) is 30.5 Å². The number of carboxylic acid groups (broad SMARTS) is 1. The van der Waals surface area contributed by atoms with Crippen LogP contribution in [-0.4, -0.2) is 130 Å². The van der Waals surface area contributed by atoms with E-state index in [9.17, 15) is 28.6 Å². The summed E-state index contributed by atoms with van der Waals surface area (Å²) in [5.41, 5.74) is 10.6. The first-order chi connectivity index (χ1) is 36.3. The van der Waals surface area contributed by atoms with E-state index in [0.29, 0.717) is 93.0 Å². The normalized spacial score (nSPS) is 12.9. The van der Waals surface area contributed by atoms with Crippen molar-refractivity contribution in [2.24, 2.45) is 31.7 Å². The topological polar surface area (TPSA) is 248 Å². The maximum Gasteiger partial charge on any atom is 0.339 e. The van der Waals surface area contributed by atoms with Crippen molar-refractivity contribution in [1.29, 1.82) is 0 Å². The van der Waals surface area contributed by atoms with Crippen molar-refractivity contribution in [2.75, 3.05) is 26.4 Å². The average molecular weight is 1100 g/mol. The Labute approximate surface area is 449 Å². The van der Waals surface area contributed by atoms with Gasteiger partial charge in [-0.1, -0.05) is 67.0 Å². The number of halogens is 2. The first-order valence-corrected chi connectivity index (χ1v) is 33.3. The van der Waals surface area contributed by atoms with E-state index in [1.54, 1.807) is 63.3 Å². The zero-order valence-electron chi connectivity index (χ0n) is 46.4. The molecule has 1 amide bonds. The second kappa shape index (κ2) is 25.9. The molecule has 23 heteroatoms. The molecule has 8 aromatic rings. The van der Waals surface area contributed by atoms with Crippen LogP contribution in [0, 0.1) is 23.5 Å². The Morgan fingerprint density at radius 1 is 0.688 bits per heavy atom. The number of amides is 1. The van der Waals surface area contributed by atoms with Crippen molar-refractivity contribution in [3.05, 3.63) is 83.9 Å². The van der Waals surface area contributed by atoms with Gasteiger partial charge in [0.25, 0.3) is 5.91 Å². The number of carbonyl (C=O) groups excluding carboxylic acids is 1. The summed E-state index contributed by atoms with van der Waals surface area (Å²) in [6, 6.07) is 10.5. The van der Waals surface area contributed by atoms with Crippen LogP contribution < -0.4 is 11.1 Å². The highest BCUT2D eigenvalue weighted by molar-refractivity contribution is 6.76. The van der Waals surface area contributed by atoms with Gasteiger partial charge < -0.3 is 45.0 Å². The molecule has 0 saturated carbocycles. The zero-order valence-corrected chi connectivity index (χ0v) is 48.4. The molecule has 8 rings (SSSR count). The molecular weight excluding hydrogens is 1020 g/mol. The van der Waals surface area contributed by atoms with Crippen LogP contribution >= 0.6 is 0 Å². The molecule has 0 spiro atoms. The van der Waals surface area contributed by atoms with Gasteiger partial charge in [0.2, 0.25) is 0 Å². The third kappa shape index (κ3) is 15.9. The number of hydrogen-bond donors (Lipinski definition) is 5. The quantitative estimate of drug-likeness (QED) is 0.0333. The fraction of sp³-hybridized carbons (Fsp3) is 0.481. The summed E-state index contributed by atoms with van der Waals surface area (Å²) in [5.74, 6) is -1.24. The maximum absolute atomic E-state index is 13.8. The molecular formula is C54H76F2N12O7Si2. The number of aliphatic hydroxyl groups is 2. The lowest BCUT2D eigenvalue weighted by Gasteiger charge is -2.17. The van der Waals surface area contributed by atoms with Crippen molar-refractivity contribution in [2.45, 2.75) is 117 Å². The summed E-state index contributed by atoms with van der Waals surface area (Å²) in [5, 5.41) is 41.3. The third-order valence-corrected chi connectivity index (χ3v) is 15.9. The molecule has 0 aliphatic rings. The molecule has 0 saturated heterocycles. The number of hydrogen-bond acceptors (Lipinski definition) is 13. The molecule has 77 heavy (non-hydrogen) atoms. The molecule has 19 nitrogen and oxygen atoms in total. The van der Waals surface area contributed by atoms with E-state index >= 15 is 0 Å². The molecule has 6 aromatic heterocycles. The minimum absolute atomic E-state index is 0.0185. The van der Waals surface area contributed by atoms with Gasteiger partial charge in [-0.15, -0.1) is 0 Å². The van der Waals surface area contributed by atoms with E-state index in [1.807, 2.05) is 13.8 Å². The van der Waals surface area contributed by atoms with Gasteiger partial charge in [0.15, 0.2) is 11.3 Å². The van der Waals surface area contributed by atoms with Gasteiger partial charge in [-0.05, 0) is 73.2 Å². The number of aliphatic hydroxyl groups excluding tert-OH is 2. The van der Waals surface area contributed by atoms with E-state index in [4.69, 9.17) is 25.3 Å². The monoisotopic (exact) mass is 1100 g/mol. The largest absolute Gasteiger partial charge is 0.478 e. The Kier molecular flexibility index (Phi) is 20.1. The van der Waals surface area contributed by atoms with Crippen LogP contribution in [-0.2, 0) is 37.0 Å². The summed E-state index contributed by atoms with van der Waals surface area (Å²) in [6.07, 6.45) is 7.93. The summed E-state index contributed by atoms with van der Waals surface area (Å²) >= 11 is 0. The molecule has 0 aliphatic carbocycles. The van der Waals surface area contributed by atoms with Crippen molar-refractivity contribution < 1.29 is 43.2 Å². The van der Waals surface area contributed by atoms with Crippen LogP contribution in [0.2, 0.25) is 51.4 Å². The smallest absolute Gasteiger partial charge is 0.339 e. The summed E-state index contributed by atoms with van der Waals surface area (Å²) in [7, 11) is 0.991. The highest BCUT2D eigenvalue weighted by Gasteiger charge is 2.25. The van der Waals surface area contributed by atoms with Crippen LogP contribution in [0.4, 0.5) is 8.78 Å². The number of nitrogens with zero attached hydrogens (tertiary/aromatic N) is 10. The Bertz CT molecular complexity index is 3310. The molecule has 0 aliphatic heterocycles. The number of ether oxygens (including phenoxy) is 2. The summed E-state index contributed by atoms with van der Waals surface area (Å²) in [6.45, 7) is 23.6. The molecule has 0 radical (unpaired) electrons. The summed E-state index contributed by atoms with van der Waals surface area (Å²) in [4.78, 5) is 43.7. The Balaban J connectivity index is 0.000000222. The number of rotatable bonds is 21. The van der Waals surface area contributed by atoms with Crippen molar-refractivity contribution in [1.82, 2.24) is 53.9 Å². The van der Waals surface area contributed by atoms with Crippen LogP contribution in [0.5, 0.6) is 0 Å². The van der Waals surface area contributed by atoms with E-state index in [0.717, 1.165) is 23.9 Å². The average Bonchev–Trinajstić information content (AvgIpc) is 4.11. The van der Waals surface area contributed by atoms with Gasteiger partial charge in [-0.2, -0.15) is 10.2 Å². The highest BCUT2D eigenvalue weighted by Crippen LogP contribution is 2.31. The number of aromatic nitrogens is 10. The second-order valence-corrected chi connectivity index (χ2v) is 33.9. The number of aromatic carboxylic acids is 1. The van der Waals surface area contributed by atoms with Crippen molar-refractivity contribution >= 4 is 72.2 Å². The van der Waals surface area contributed by atoms with Gasteiger partial charge in [-0.3, -0.25) is 14.2 Å². The maximum atomic E-state index is 13.8. The number of nitrogens with two attached hydrogens (primary N) is 1. The molecule has 0 unspecified atom stereocenters. The molecule has 2 aromatic carbocycles. The molecule has 0 fully saturated rings. The predicted molar refractivity (Wildman–Crippen MR) is 302 cm³/mol. The number of carboxylic acids is 1. The molecule has 2 atom stereocenters. The minimum Gasteiger partial charge on any atom is -0.478 e. The first kappa shape index (κ1) is 59.9. The SMILES string of the molecule is CC(C)C[C@@H](CO)NC(=O)c1cn(COCC[Si](C)(C)C)c2ncc(-c3nn(C)c4cc(F)ccc34)nc12.CC(C)C[C@H](N)CO.Cn1nc(-c2cnc3c(n2)c(C(=O)O)cn3COCC[Si](C)(C)C)c2ccc(F)cc21. The lowest BCUT2D eigenvalue weighted by molar-refractivity contribution is 0.0695. The third-order valence-electron chi connectivity index (χ3n) is 12.5. The Morgan fingerprint density at radius 2 is 1.13 bits per heavy atom. The number of aryl methyl sites for hydroxylation is 2. The summed E-state index contributed by atoms with van der Waals surface area (Å²) < 4.78 is 45.8. The Hall–Kier alpha value is -6.35. The van der Waals surface area contributed by atoms with Crippen LogP contribution in [0.15, 0.2) is 61.2 Å². The predicted octanol–water partition coefficient (Wildman–Crippen LogP) is 9.06. The molecule has 6 heterocycles. The van der Waals surface area contributed by atoms with Crippen molar-refractivity contribution in [3.63, 3.8) is 0 Å². The highest BCUT2D eigenvalue weighted by atomic mass is 28.3. The lowest BCUT2D eigenvalue weighted by atomic mass is 10.0. The second-order valence-electron chi connectivity index (χ2n) is 22.7. The number of carbonyl (C=O) groups is 2. The van der Waals surface area contributed by atoms with Crippen molar-refractivity contribution in [3.8, 4) is 22.8 Å². The van der Waals surface area contributed by atoms with E-state index in [2.05, 4.69) is 83.6 Å². The number of fused-ring (bicyclic) bond motifs is 4. The van der Waals surface area contributed by atoms with Crippen LogP contribution in [0.3, 0.4) is 0 Å². The molecule has 416 valence electrons. The van der Waals surface area contributed by atoms with E-state index in [-0.39, 0.29) is 67.4 Å². The zero-order chi connectivity index (χ0) is 56.5. The van der Waals surface area contributed by atoms with Gasteiger partial charge >= 0.3 is 5.97 Å². The Morgan fingerprint density at radius 3 is 1.52 bits per heavy atom. The number of nitrogens with one attached hydrogen (secondary N) is 1. The van der Waals surface area contributed by atoms with Crippen LogP contribution in [0.25, 0.3) is 66.9 Å². The van der Waals surface area contributed by atoms with Gasteiger partial charge in [0.1, 0.15) is 64.5 Å². The van der Waals surface area contributed by atoms with Gasteiger partial charge in [0.05, 0.1) is 48.2 Å². The molecule has 6 N–H and O–H groups in total. The van der Waals surface area contributed by atoms with E-state index < -0.39 is 22.1 Å². The lowest BCUT2D eigenvalue weighted by Crippen LogP contribution is -2.38. The molecule has 0 bridgehead atoms.